The van der Waals surface area contributed by atoms with Gasteiger partial charge in [0.1, 0.15) is 0 Å². The third-order valence-corrected chi connectivity index (χ3v) is 15.8. The van der Waals surface area contributed by atoms with Crippen molar-refractivity contribution >= 4 is 38.7 Å². The topological polar surface area (TPSA) is 4.93 Å². The zero-order chi connectivity index (χ0) is 48.7. The van der Waals surface area contributed by atoms with Crippen LogP contribution < -0.4 is 0 Å². The average Bonchev–Trinajstić information content (AvgIpc) is 3.68. The van der Waals surface area contributed by atoms with Gasteiger partial charge in [0.25, 0.3) is 0 Å². The van der Waals surface area contributed by atoms with E-state index in [1.54, 1.807) is 0 Å². The maximum absolute atomic E-state index is 2.51. The number of fused-ring (bicyclic) bond motifs is 5. The smallest absolute Gasteiger partial charge is 0.0541 e. The first kappa shape index (κ1) is 45.2. The van der Waals surface area contributed by atoms with Crippen LogP contribution in [0.5, 0.6) is 0 Å². The summed E-state index contributed by atoms with van der Waals surface area (Å²) in [4.78, 5) is 0. The molecule has 70 heavy (non-hydrogen) atoms. The summed E-state index contributed by atoms with van der Waals surface area (Å²) in [5, 5.41) is 5.20. The van der Waals surface area contributed by atoms with Crippen LogP contribution in [0.15, 0.2) is 194 Å². The van der Waals surface area contributed by atoms with Gasteiger partial charge < -0.3 is 4.57 Å². The number of para-hydroxylation sites is 1. The summed E-state index contributed by atoms with van der Waals surface area (Å²) in [6.45, 7) is 23.5. The number of nitrogens with zero attached hydrogens (tertiary/aromatic N) is 1. The van der Waals surface area contributed by atoms with Crippen molar-refractivity contribution in [3.63, 3.8) is 0 Å². The molecule has 1 heterocycles. The molecule has 1 aliphatic carbocycles. The minimum absolute atomic E-state index is 0.00188. The van der Waals surface area contributed by atoms with Crippen molar-refractivity contribution < 1.29 is 0 Å². The van der Waals surface area contributed by atoms with Gasteiger partial charge in [-0.25, -0.2) is 0 Å². The fraction of sp³-hybridized carbons (Fsp3) is 0.217. The van der Waals surface area contributed by atoms with Crippen LogP contribution >= 0.6 is 0 Å². The SMILES string of the molecule is CC(C)(C)c1ccc2c(-c3ccc(-c4ccccc4)cc3)c3c(c(-c4ccc(-c5ccc(-c6ccc7c(c6)c6cc(C(C)(C)C)ccc6n7-c6ccccc6)cc5)cc4)c2c1)C=CC(C)(C(C)(C)C)C3. The maximum atomic E-state index is 2.51. The standard InChI is InChI=1S/C69H65N/c1-66(2,3)53-34-36-56-60(43-53)64(57-39-40-69(10,68(7,8)9)44-61(57)65(56)51-31-25-46(26-32-51)45-17-13-11-14-18-45)50-29-27-48(28-30-50)47-21-23-49(24-22-47)52-33-37-62-58(41-52)59-42-54(67(4,5)6)35-38-63(59)70(62)55-19-15-12-16-20-55/h11-43H,44H2,1-10H3. The number of aromatic nitrogens is 1. The van der Waals surface area contributed by atoms with Crippen LogP contribution in [-0.4, -0.2) is 4.57 Å². The molecule has 11 rings (SSSR count). The van der Waals surface area contributed by atoms with Crippen molar-refractivity contribution in [2.24, 2.45) is 10.8 Å². The predicted molar refractivity (Wildman–Crippen MR) is 303 cm³/mol. The minimum Gasteiger partial charge on any atom is -0.309 e. The molecule has 1 unspecified atom stereocenters. The maximum Gasteiger partial charge on any atom is 0.0541 e. The molecule has 346 valence electrons. The Morgan fingerprint density at radius 2 is 0.814 bits per heavy atom. The Kier molecular flexibility index (Phi) is 10.8. The Morgan fingerprint density at radius 1 is 0.386 bits per heavy atom. The highest BCUT2D eigenvalue weighted by molar-refractivity contribution is 6.12. The molecular formula is C69H65N. The Labute approximate surface area is 416 Å². The Balaban J connectivity index is 1.00. The highest BCUT2D eigenvalue weighted by Gasteiger charge is 2.39. The van der Waals surface area contributed by atoms with Gasteiger partial charge in [-0.2, -0.15) is 0 Å². The van der Waals surface area contributed by atoms with Crippen LogP contribution in [0.25, 0.3) is 100.0 Å². The lowest BCUT2D eigenvalue weighted by Gasteiger charge is -2.43. The summed E-state index contributed by atoms with van der Waals surface area (Å²) in [5.74, 6) is 0. The molecule has 0 radical (unpaired) electrons. The monoisotopic (exact) mass is 908 g/mol. The van der Waals surface area contributed by atoms with Crippen LogP contribution in [-0.2, 0) is 17.3 Å². The first-order valence-corrected chi connectivity index (χ1v) is 25.3. The molecule has 1 aromatic heterocycles. The second kappa shape index (κ2) is 16.7. The second-order valence-electron chi connectivity index (χ2n) is 23.3. The van der Waals surface area contributed by atoms with Gasteiger partial charge in [-0.3, -0.25) is 0 Å². The Bertz CT molecular complexity index is 3620. The molecule has 0 saturated heterocycles. The van der Waals surface area contributed by atoms with Crippen LogP contribution in [0.2, 0.25) is 0 Å². The normalized spacial score (nSPS) is 15.2. The molecular weight excluding hydrogens is 843 g/mol. The van der Waals surface area contributed by atoms with Crippen molar-refractivity contribution in [1.29, 1.82) is 0 Å². The number of hydrogen-bond acceptors (Lipinski definition) is 0. The predicted octanol–water partition coefficient (Wildman–Crippen LogP) is 19.5. The molecule has 0 bridgehead atoms. The van der Waals surface area contributed by atoms with E-state index in [2.05, 4.69) is 274 Å². The second-order valence-corrected chi connectivity index (χ2v) is 23.3. The lowest BCUT2D eigenvalue weighted by atomic mass is 9.61. The third-order valence-electron chi connectivity index (χ3n) is 15.8. The van der Waals surface area contributed by atoms with E-state index in [0.29, 0.717) is 0 Å². The van der Waals surface area contributed by atoms with Gasteiger partial charge in [0.2, 0.25) is 0 Å². The van der Waals surface area contributed by atoms with E-state index in [9.17, 15) is 0 Å². The van der Waals surface area contributed by atoms with E-state index >= 15 is 0 Å². The molecule has 1 atom stereocenters. The van der Waals surface area contributed by atoms with E-state index in [1.807, 2.05) is 0 Å². The van der Waals surface area contributed by atoms with Gasteiger partial charge in [0.15, 0.2) is 0 Å². The first-order valence-electron chi connectivity index (χ1n) is 25.3. The van der Waals surface area contributed by atoms with E-state index in [-0.39, 0.29) is 21.7 Å². The number of rotatable bonds is 6. The van der Waals surface area contributed by atoms with Crippen LogP contribution in [0, 0.1) is 10.8 Å². The summed E-state index contributed by atoms with van der Waals surface area (Å²) in [7, 11) is 0. The minimum atomic E-state index is -0.0202. The van der Waals surface area contributed by atoms with Crippen LogP contribution in [0.4, 0.5) is 0 Å². The molecule has 0 aliphatic heterocycles. The van der Waals surface area contributed by atoms with Gasteiger partial charge >= 0.3 is 0 Å². The van der Waals surface area contributed by atoms with Crippen molar-refractivity contribution in [3.8, 4) is 61.3 Å². The molecule has 0 N–H and O–H groups in total. The molecule has 0 amide bonds. The van der Waals surface area contributed by atoms with Gasteiger partial charge in [0.05, 0.1) is 11.0 Å². The molecule has 1 heteroatoms. The fourth-order valence-corrected chi connectivity index (χ4v) is 10.9. The zero-order valence-corrected chi connectivity index (χ0v) is 42.7. The summed E-state index contributed by atoms with van der Waals surface area (Å²) in [6, 6.07) is 70.7. The highest BCUT2D eigenvalue weighted by Crippen LogP contribution is 2.53. The third kappa shape index (κ3) is 7.90. The summed E-state index contributed by atoms with van der Waals surface area (Å²) in [5.41, 5.74) is 21.8. The van der Waals surface area contributed by atoms with E-state index < -0.39 is 0 Å². The quantitative estimate of drug-likeness (QED) is 0.157. The van der Waals surface area contributed by atoms with Crippen LogP contribution in [0.1, 0.15) is 91.5 Å². The molecule has 0 spiro atoms. The summed E-state index contributed by atoms with van der Waals surface area (Å²) in [6.07, 6.45) is 5.95. The average molecular weight is 908 g/mol. The first-order chi connectivity index (χ1) is 33.4. The van der Waals surface area contributed by atoms with Crippen LogP contribution in [0.3, 0.4) is 0 Å². The number of benzene rings is 9. The van der Waals surface area contributed by atoms with Gasteiger partial charge in [-0.15, -0.1) is 0 Å². The Morgan fingerprint density at radius 3 is 1.36 bits per heavy atom. The molecule has 1 nitrogen and oxygen atoms in total. The lowest BCUT2D eigenvalue weighted by molar-refractivity contribution is 0.167. The molecule has 9 aromatic carbocycles. The molecule has 10 aromatic rings. The van der Waals surface area contributed by atoms with Gasteiger partial charge in [-0.1, -0.05) is 227 Å². The van der Waals surface area contributed by atoms with Crippen molar-refractivity contribution in [1.82, 2.24) is 4.57 Å². The van der Waals surface area contributed by atoms with Crippen molar-refractivity contribution in [2.75, 3.05) is 0 Å². The van der Waals surface area contributed by atoms with E-state index in [0.717, 1.165) is 6.42 Å². The fourth-order valence-electron chi connectivity index (χ4n) is 10.9. The number of hydrogen-bond donors (Lipinski definition) is 0. The van der Waals surface area contributed by atoms with Crippen molar-refractivity contribution in [3.05, 3.63) is 216 Å². The molecule has 0 saturated carbocycles. The van der Waals surface area contributed by atoms with Crippen molar-refractivity contribution in [2.45, 2.75) is 86.5 Å². The molecule has 1 aliphatic rings. The molecule has 0 fully saturated rings. The zero-order valence-electron chi connectivity index (χ0n) is 42.7. The summed E-state index contributed by atoms with van der Waals surface area (Å²) >= 11 is 0. The van der Waals surface area contributed by atoms with E-state index in [1.165, 1.54) is 116 Å². The van der Waals surface area contributed by atoms with Gasteiger partial charge in [0, 0.05) is 16.5 Å². The number of allylic oxidation sites excluding steroid dienone is 1. The van der Waals surface area contributed by atoms with E-state index in [4.69, 9.17) is 0 Å². The largest absolute Gasteiger partial charge is 0.309 e. The Hall–Kier alpha value is -7.22. The van der Waals surface area contributed by atoms with Gasteiger partial charge in [-0.05, 0) is 159 Å². The lowest BCUT2D eigenvalue weighted by Crippen LogP contribution is -2.35. The highest BCUT2D eigenvalue weighted by atomic mass is 15.0. The summed E-state index contributed by atoms with van der Waals surface area (Å²) < 4.78 is 2.41.